The minimum absolute atomic E-state index is 0. The van der Waals surface area contributed by atoms with Gasteiger partial charge in [-0.25, -0.2) is 0 Å². The van der Waals surface area contributed by atoms with Crippen molar-refractivity contribution >= 4 is 0 Å². The third-order valence-corrected chi connectivity index (χ3v) is 6.25. The minimum atomic E-state index is 0. The van der Waals surface area contributed by atoms with Crippen LogP contribution in [0.4, 0.5) is 0 Å². The van der Waals surface area contributed by atoms with Crippen molar-refractivity contribution in [3.63, 3.8) is 0 Å². The van der Waals surface area contributed by atoms with Crippen LogP contribution in [0, 0.1) is 0 Å². The summed E-state index contributed by atoms with van der Waals surface area (Å²) in [6.07, 6.45) is 7.69. The first-order valence-corrected chi connectivity index (χ1v) is 12.3. The van der Waals surface area contributed by atoms with E-state index in [1.54, 1.807) is 0 Å². The van der Waals surface area contributed by atoms with Gasteiger partial charge in [0.25, 0.3) is 0 Å². The normalized spacial score (nSPS) is 11.7. The molecule has 30 heavy (non-hydrogen) atoms. The largest absolute Gasteiger partial charge is 1.00 e. The molecule has 4 heteroatoms. The van der Waals surface area contributed by atoms with Crippen molar-refractivity contribution in [2.45, 2.75) is 93.2 Å². The fourth-order valence-corrected chi connectivity index (χ4v) is 5.52. The molecule has 0 N–H and O–H groups in total. The summed E-state index contributed by atoms with van der Waals surface area (Å²) in [6.45, 7) is 24.3. The number of benzene rings is 1. The lowest BCUT2D eigenvalue weighted by atomic mass is 10.1. The Morgan fingerprint density at radius 1 is 0.433 bits per heavy atom. The van der Waals surface area contributed by atoms with Gasteiger partial charge in [0.15, 0.2) is 0 Å². The predicted octanol–water partition coefficient (Wildman–Crippen LogP) is 0.788. The maximum Gasteiger partial charge on any atom is 0.104 e. The molecule has 0 unspecified atom stereocenters. The van der Waals surface area contributed by atoms with Gasteiger partial charge in [0.05, 0.1) is 39.3 Å². The average molecular weight is 551 g/mol. The van der Waals surface area contributed by atoms with Gasteiger partial charge in [-0.1, -0.05) is 65.8 Å². The van der Waals surface area contributed by atoms with Gasteiger partial charge in [0.2, 0.25) is 0 Å². The van der Waals surface area contributed by atoms with Crippen molar-refractivity contribution in [2.75, 3.05) is 39.3 Å². The van der Waals surface area contributed by atoms with Gasteiger partial charge in [-0.05, 0) is 38.5 Å². The quantitative estimate of drug-likeness (QED) is 0.267. The van der Waals surface area contributed by atoms with E-state index in [2.05, 4.69) is 65.8 Å². The van der Waals surface area contributed by atoms with Crippen LogP contribution in [-0.4, -0.2) is 48.2 Å². The second-order valence-corrected chi connectivity index (χ2v) is 9.16. The Bertz CT molecular complexity index is 435. The van der Waals surface area contributed by atoms with Crippen molar-refractivity contribution in [3.8, 4) is 0 Å². The van der Waals surface area contributed by atoms with Crippen molar-refractivity contribution in [1.82, 2.24) is 0 Å². The third-order valence-electron chi connectivity index (χ3n) is 6.25. The van der Waals surface area contributed by atoms with Crippen molar-refractivity contribution in [1.29, 1.82) is 0 Å². The molecular formula is C26H50Br2N2. The lowest BCUT2D eigenvalue weighted by Crippen LogP contribution is -3.00. The average Bonchev–Trinajstić information content (AvgIpc) is 2.65. The molecule has 0 amide bonds. The fourth-order valence-electron chi connectivity index (χ4n) is 5.52. The van der Waals surface area contributed by atoms with Crippen LogP contribution in [0.15, 0.2) is 24.3 Å². The molecule has 2 nitrogen and oxygen atoms in total. The van der Waals surface area contributed by atoms with Gasteiger partial charge in [-0.15, -0.1) is 0 Å². The first kappa shape index (κ1) is 32.3. The Morgan fingerprint density at radius 3 is 0.800 bits per heavy atom. The van der Waals surface area contributed by atoms with E-state index in [0.717, 1.165) is 0 Å². The summed E-state index contributed by atoms with van der Waals surface area (Å²) >= 11 is 0. The maximum atomic E-state index is 2.43. The molecule has 0 bridgehead atoms. The van der Waals surface area contributed by atoms with Crippen molar-refractivity contribution < 1.29 is 42.9 Å². The van der Waals surface area contributed by atoms with Gasteiger partial charge >= 0.3 is 0 Å². The number of hydrogen-bond acceptors (Lipinski definition) is 0. The number of hydrogen-bond donors (Lipinski definition) is 0. The highest BCUT2D eigenvalue weighted by molar-refractivity contribution is 5.21. The van der Waals surface area contributed by atoms with Crippen LogP contribution in [0.25, 0.3) is 0 Å². The molecule has 0 heterocycles. The number of halogens is 2. The van der Waals surface area contributed by atoms with E-state index in [1.165, 1.54) is 111 Å². The molecule has 0 aliphatic carbocycles. The number of nitrogens with zero attached hydrogens (tertiary/aromatic N) is 2. The van der Waals surface area contributed by atoms with Gasteiger partial charge in [0.1, 0.15) is 13.1 Å². The van der Waals surface area contributed by atoms with Crippen LogP contribution in [0.3, 0.4) is 0 Å². The zero-order valence-electron chi connectivity index (χ0n) is 20.9. The second-order valence-electron chi connectivity index (χ2n) is 9.16. The van der Waals surface area contributed by atoms with E-state index in [4.69, 9.17) is 0 Å². The zero-order chi connectivity index (χ0) is 20.9. The van der Waals surface area contributed by atoms with Gasteiger partial charge in [0, 0.05) is 11.1 Å². The van der Waals surface area contributed by atoms with Crippen molar-refractivity contribution in [3.05, 3.63) is 35.4 Å². The van der Waals surface area contributed by atoms with Gasteiger partial charge in [-0.3, -0.25) is 0 Å². The summed E-state index contributed by atoms with van der Waals surface area (Å²) in [5, 5.41) is 0. The van der Waals surface area contributed by atoms with E-state index >= 15 is 0 Å². The van der Waals surface area contributed by atoms with Crippen LogP contribution in [-0.2, 0) is 13.1 Å². The first-order chi connectivity index (χ1) is 13.5. The van der Waals surface area contributed by atoms with Crippen molar-refractivity contribution in [2.24, 2.45) is 0 Å². The molecule has 0 atom stereocenters. The Hall–Kier alpha value is 0.1000. The van der Waals surface area contributed by atoms with Gasteiger partial charge in [-0.2, -0.15) is 0 Å². The summed E-state index contributed by atoms with van der Waals surface area (Å²) in [4.78, 5) is 0. The van der Waals surface area contributed by atoms with Crippen LogP contribution in [0.1, 0.15) is 91.2 Å². The molecule has 0 saturated heterocycles. The van der Waals surface area contributed by atoms with E-state index < -0.39 is 0 Å². The monoisotopic (exact) mass is 548 g/mol. The lowest BCUT2D eigenvalue weighted by molar-refractivity contribution is -0.941. The molecule has 0 spiro atoms. The fraction of sp³-hybridized carbons (Fsp3) is 0.769. The van der Waals surface area contributed by atoms with Crippen LogP contribution >= 0.6 is 0 Å². The Balaban J connectivity index is 0. The molecule has 1 rings (SSSR count). The van der Waals surface area contributed by atoms with E-state index in [9.17, 15) is 0 Å². The van der Waals surface area contributed by atoms with Crippen LogP contribution in [0.5, 0.6) is 0 Å². The highest BCUT2D eigenvalue weighted by Crippen LogP contribution is 2.21. The first-order valence-electron chi connectivity index (χ1n) is 12.3. The van der Waals surface area contributed by atoms with Crippen LogP contribution in [0.2, 0.25) is 0 Å². The summed E-state index contributed by atoms with van der Waals surface area (Å²) in [5.41, 5.74) is 3.05. The Labute approximate surface area is 210 Å². The van der Waals surface area contributed by atoms with E-state index in [-0.39, 0.29) is 34.0 Å². The summed E-state index contributed by atoms with van der Waals surface area (Å²) in [6, 6.07) is 9.73. The molecule has 0 aromatic heterocycles. The smallest absolute Gasteiger partial charge is 0.104 e. The molecule has 1 aromatic rings. The van der Waals surface area contributed by atoms with Gasteiger partial charge < -0.3 is 42.9 Å². The molecule has 0 aliphatic rings. The highest BCUT2D eigenvalue weighted by atomic mass is 79.9. The number of quaternary nitrogens is 2. The molecule has 0 radical (unpaired) electrons. The maximum absolute atomic E-state index is 2.43. The zero-order valence-corrected chi connectivity index (χ0v) is 24.0. The molecule has 1 aromatic carbocycles. The van der Waals surface area contributed by atoms with E-state index in [1.807, 2.05) is 0 Å². The summed E-state index contributed by atoms with van der Waals surface area (Å²) < 4.78 is 2.54. The Kier molecular flexibility index (Phi) is 19.0. The topological polar surface area (TPSA) is 0 Å². The second kappa shape index (κ2) is 17.6. The SMILES string of the molecule is CCC[N+](CCC)(CCC)Cc1ccc(C[N+](CCC)(CCC)CCC)cc1.[Br-].[Br-]. The predicted molar refractivity (Wildman–Crippen MR) is 125 cm³/mol. The van der Waals surface area contributed by atoms with E-state index in [0.29, 0.717) is 0 Å². The number of rotatable bonds is 16. The summed E-state index contributed by atoms with van der Waals surface area (Å²) in [7, 11) is 0. The molecular weight excluding hydrogens is 500 g/mol. The van der Waals surface area contributed by atoms with Crippen LogP contribution < -0.4 is 34.0 Å². The minimum Gasteiger partial charge on any atom is -1.00 e. The highest BCUT2D eigenvalue weighted by Gasteiger charge is 2.27. The molecule has 0 aliphatic heterocycles. The molecule has 0 fully saturated rings. The standard InChI is InChI=1S/C26H50N2.2BrH/c1-7-17-27(18-8-2,19-9-3)23-25-13-15-26(16-14-25)24-28(20-10-4,21-11-5)22-12-6;;/h13-16H,7-12,17-24H2,1-6H3;2*1H/q+2;;/p-2. The molecule has 0 saturated carbocycles. The third kappa shape index (κ3) is 10.6. The molecule has 178 valence electrons. The lowest BCUT2D eigenvalue weighted by Gasteiger charge is -2.39. The Morgan fingerprint density at radius 2 is 0.633 bits per heavy atom. The summed E-state index contributed by atoms with van der Waals surface area (Å²) in [5.74, 6) is 0.